The van der Waals surface area contributed by atoms with E-state index in [4.69, 9.17) is 4.18 Å². The molecule has 0 bridgehead atoms. The molecule has 0 saturated carbocycles. The molecule has 0 radical (unpaired) electrons. The molecule has 6 rings (SSSR count). The zero-order valence-corrected chi connectivity index (χ0v) is 29.7. The molecule has 0 aromatic heterocycles. The van der Waals surface area contributed by atoms with Crippen LogP contribution >= 0.6 is 26.2 Å². The molecule has 0 amide bonds. The highest BCUT2D eigenvalue weighted by Gasteiger charge is 2.34. The second-order valence-electron chi connectivity index (χ2n) is 12.1. The summed E-state index contributed by atoms with van der Waals surface area (Å²) in [5, 5.41) is 6.92. The highest BCUT2D eigenvalue weighted by atomic mass is 32.3. The minimum absolute atomic E-state index is 0.311. The predicted octanol–water partition coefficient (Wildman–Crippen LogP) is 9.45. The van der Waals surface area contributed by atoms with E-state index in [1.54, 1.807) is 0 Å². The highest BCUT2D eigenvalue weighted by molar-refractivity contribution is 8.29. The molecule has 1 aliphatic rings. The first-order valence-electron chi connectivity index (χ1n) is 16.3. The van der Waals surface area contributed by atoms with Crippen LogP contribution in [-0.2, 0) is 0 Å². The average Bonchev–Trinajstić information content (AvgIpc) is 3.10. The minimum Gasteiger partial charge on any atom is -0.449 e. The molecule has 234 valence electrons. The van der Waals surface area contributed by atoms with Crippen LogP contribution in [0.25, 0.3) is 5.57 Å². The zero-order chi connectivity index (χ0) is 31.8. The van der Waals surface area contributed by atoms with E-state index < -0.39 is 26.2 Å². The molecule has 0 N–H and O–H groups in total. The predicted molar refractivity (Wildman–Crippen MR) is 210 cm³/mol. The van der Waals surface area contributed by atoms with Crippen molar-refractivity contribution >= 4 is 58.2 Å². The highest BCUT2D eigenvalue weighted by Crippen LogP contribution is 2.53. The van der Waals surface area contributed by atoms with E-state index in [9.17, 15) is 0 Å². The number of hydrogen-bond donors (Lipinski definition) is 0. The van der Waals surface area contributed by atoms with Crippen molar-refractivity contribution in [3.8, 4) is 5.75 Å². The van der Waals surface area contributed by atoms with Gasteiger partial charge in [-0.3, -0.25) is 0 Å². The summed E-state index contributed by atoms with van der Waals surface area (Å²) in [4.78, 5) is 0. The van der Waals surface area contributed by atoms with Gasteiger partial charge in [0.05, 0.1) is 0 Å². The Kier molecular flexibility index (Phi) is 10.9. The normalized spacial score (nSPS) is 15.2. The SMILES string of the molecule is CCCCS(C)(C)Oc1cccc(P(c2ccccc2)c2ccccc2)c1C1=CC=CCC1P(c1ccccc1)c1ccccc1. The molecular formula is C42H44OP2S. The Bertz CT molecular complexity index is 1670. The van der Waals surface area contributed by atoms with E-state index in [2.05, 4.69) is 177 Å². The van der Waals surface area contributed by atoms with Crippen molar-refractivity contribution < 1.29 is 4.18 Å². The fourth-order valence-electron chi connectivity index (χ4n) is 6.22. The summed E-state index contributed by atoms with van der Waals surface area (Å²) in [5.41, 5.74) is 3.01. The molecule has 0 aliphatic heterocycles. The van der Waals surface area contributed by atoms with E-state index in [0.717, 1.165) is 17.9 Å². The van der Waals surface area contributed by atoms with Gasteiger partial charge in [0, 0.05) is 17.0 Å². The average molecular weight is 659 g/mol. The summed E-state index contributed by atoms with van der Waals surface area (Å²) in [6, 6.07) is 51.4. The van der Waals surface area contributed by atoms with Crippen molar-refractivity contribution in [2.24, 2.45) is 0 Å². The molecule has 1 aliphatic carbocycles. The summed E-state index contributed by atoms with van der Waals surface area (Å²) in [5.74, 6) is 2.14. The van der Waals surface area contributed by atoms with Crippen LogP contribution in [0.1, 0.15) is 31.7 Å². The first kappa shape index (κ1) is 32.5. The number of hydrogen-bond acceptors (Lipinski definition) is 1. The quantitative estimate of drug-likeness (QED) is 0.121. The van der Waals surface area contributed by atoms with Gasteiger partial charge in [-0.15, -0.1) is 0 Å². The molecule has 0 spiro atoms. The van der Waals surface area contributed by atoms with Gasteiger partial charge in [0.25, 0.3) is 0 Å². The van der Waals surface area contributed by atoms with Crippen LogP contribution < -0.4 is 30.7 Å². The van der Waals surface area contributed by atoms with Crippen LogP contribution in [0.2, 0.25) is 0 Å². The molecule has 1 unspecified atom stereocenters. The number of benzene rings is 5. The van der Waals surface area contributed by atoms with Crippen molar-refractivity contribution in [2.45, 2.75) is 31.8 Å². The molecular weight excluding hydrogens is 614 g/mol. The Balaban J connectivity index is 1.59. The lowest BCUT2D eigenvalue weighted by Crippen LogP contribution is -2.28. The third kappa shape index (κ3) is 7.58. The van der Waals surface area contributed by atoms with Gasteiger partial charge in [-0.25, -0.2) is 0 Å². The molecule has 5 aromatic rings. The molecule has 46 heavy (non-hydrogen) atoms. The number of rotatable bonds is 12. The van der Waals surface area contributed by atoms with Gasteiger partial charge in [0.1, 0.15) is 5.75 Å². The lowest BCUT2D eigenvalue weighted by atomic mass is 9.96. The Morgan fingerprint density at radius 1 is 0.652 bits per heavy atom. The van der Waals surface area contributed by atoms with Gasteiger partial charge >= 0.3 is 0 Å². The number of unbranched alkanes of at least 4 members (excludes halogenated alkanes) is 1. The molecule has 0 heterocycles. The van der Waals surface area contributed by atoms with Crippen LogP contribution in [0.4, 0.5) is 0 Å². The maximum Gasteiger partial charge on any atom is 0.143 e. The number of allylic oxidation sites excluding steroid dienone is 4. The smallest absolute Gasteiger partial charge is 0.143 e. The van der Waals surface area contributed by atoms with Crippen molar-refractivity contribution in [1.29, 1.82) is 0 Å². The van der Waals surface area contributed by atoms with E-state index in [1.807, 2.05) is 0 Å². The summed E-state index contributed by atoms with van der Waals surface area (Å²) < 4.78 is 7.23. The van der Waals surface area contributed by atoms with Gasteiger partial charge in [-0.2, -0.15) is 0 Å². The first-order chi connectivity index (χ1) is 22.6. The molecule has 0 saturated heterocycles. The van der Waals surface area contributed by atoms with E-state index in [0.29, 0.717) is 5.66 Å². The lowest BCUT2D eigenvalue weighted by Gasteiger charge is -2.37. The van der Waals surface area contributed by atoms with Gasteiger partial charge in [-0.1, -0.05) is 175 Å². The molecule has 1 atom stereocenters. The van der Waals surface area contributed by atoms with Crippen LogP contribution in [-0.4, -0.2) is 23.9 Å². The van der Waals surface area contributed by atoms with Crippen molar-refractivity contribution in [2.75, 3.05) is 18.3 Å². The van der Waals surface area contributed by atoms with Crippen molar-refractivity contribution in [3.63, 3.8) is 0 Å². The van der Waals surface area contributed by atoms with Gasteiger partial charge in [-0.05, 0) is 79.4 Å². The third-order valence-electron chi connectivity index (χ3n) is 8.38. The van der Waals surface area contributed by atoms with E-state index in [1.165, 1.54) is 50.5 Å². The zero-order valence-electron chi connectivity index (χ0n) is 27.1. The lowest BCUT2D eigenvalue weighted by molar-refractivity contribution is 0.618. The molecule has 1 nitrogen and oxygen atoms in total. The van der Waals surface area contributed by atoms with Crippen LogP contribution in [0.5, 0.6) is 5.75 Å². The maximum atomic E-state index is 7.23. The fraction of sp³-hybridized carbons (Fsp3) is 0.190. The summed E-state index contributed by atoms with van der Waals surface area (Å²) in [6.45, 7) is 2.27. The van der Waals surface area contributed by atoms with E-state index >= 15 is 0 Å². The Labute approximate surface area is 280 Å². The largest absolute Gasteiger partial charge is 0.449 e. The van der Waals surface area contributed by atoms with Gasteiger partial charge in [0.15, 0.2) is 0 Å². The molecule has 4 heteroatoms. The van der Waals surface area contributed by atoms with Crippen molar-refractivity contribution in [3.05, 3.63) is 163 Å². The topological polar surface area (TPSA) is 9.23 Å². The van der Waals surface area contributed by atoms with Gasteiger partial charge < -0.3 is 4.18 Å². The summed E-state index contributed by atoms with van der Waals surface area (Å²) in [7, 11) is -2.83. The summed E-state index contributed by atoms with van der Waals surface area (Å²) >= 11 is 0. The Morgan fingerprint density at radius 2 is 1.17 bits per heavy atom. The Hall–Kier alpha value is -3.41. The van der Waals surface area contributed by atoms with E-state index in [-0.39, 0.29) is 0 Å². The van der Waals surface area contributed by atoms with Gasteiger partial charge in [0.2, 0.25) is 0 Å². The standard InChI is InChI=1S/C42H44OP2S/c1-4-5-33-46(2,3)43-39-30-20-32-41(45(36-25-14-8-15-26-36)37-27-16-9-17-28-37)42(39)38-29-18-19-31-40(38)44(34-21-10-6-11-22-34)35-23-12-7-13-24-35/h6-30,32,40H,4-5,31,33H2,1-3H3. The Morgan fingerprint density at radius 3 is 1.70 bits per heavy atom. The van der Waals surface area contributed by atoms with Crippen LogP contribution in [0.3, 0.4) is 0 Å². The van der Waals surface area contributed by atoms with Crippen LogP contribution in [0, 0.1) is 0 Å². The van der Waals surface area contributed by atoms with Crippen LogP contribution in [0.15, 0.2) is 158 Å². The van der Waals surface area contributed by atoms with Crippen molar-refractivity contribution in [1.82, 2.24) is 0 Å². The second kappa shape index (κ2) is 15.5. The molecule has 5 aromatic carbocycles. The first-order valence-corrected chi connectivity index (χ1v) is 21.6. The summed E-state index contributed by atoms with van der Waals surface area (Å²) in [6.07, 6.45) is 15.1. The maximum absolute atomic E-state index is 7.23. The third-order valence-corrected chi connectivity index (χ3v) is 15.6. The second-order valence-corrected chi connectivity index (χ2v) is 20.1. The fourth-order valence-corrected chi connectivity index (χ4v) is 13.2. The monoisotopic (exact) mass is 658 g/mol. The molecule has 0 fully saturated rings. The minimum atomic E-state index is -1.30.